The van der Waals surface area contributed by atoms with Crippen LogP contribution in [0.3, 0.4) is 0 Å². The van der Waals surface area contributed by atoms with E-state index in [1.807, 2.05) is 6.20 Å². The van der Waals surface area contributed by atoms with Gasteiger partial charge in [0.05, 0.1) is 0 Å². The molecule has 1 N–H and O–H groups in total. The molecular weight excluding hydrogens is 248 g/mol. The van der Waals surface area contributed by atoms with Crippen LogP contribution >= 0.6 is 0 Å². The van der Waals surface area contributed by atoms with Gasteiger partial charge in [-0.1, -0.05) is 12.1 Å². The van der Waals surface area contributed by atoms with Crippen LogP contribution in [0.2, 0.25) is 0 Å². The summed E-state index contributed by atoms with van der Waals surface area (Å²) < 4.78 is 0. The number of benzene rings is 1. The van der Waals surface area contributed by atoms with Crippen LogP contribution < -0.4 is 15.1 Å². The molecule has 0 atom stereocenters. The summed E-state index contributed by atoms with van der Waals surface area (Å²) in [6, 6.07) is 8.56. The lowest BCUT2D eigenvalue weighted by Gasteiger charge is -2.25. The molecule has 1 saturated heterocycles. The molecule has 0 saturated carbocycles. The molecule has 4 heteroatoms. The Morgan fingerprint density at radius 3 is 2.90 bits per heavy atom. The second-order valence-electron chi connectivity index (χ2n) is 5.49. The fraction of sp³-hybridized carbons (Fsp3) is 0.438. The molecule has 1 aliphatic rings. The third-order valence-corrected chi connectivity index (χ3v) is 3.87. The van der Waals surface area contributed by atoms with E-state index in [4.69, 9.17) is 0 Å². The van der Waals surface area contributed by atoms with Crippen LogP contribution in [-0.4, -0.2) is 45.3 Å². The van der Waals surface area contributed by atoms with Crippen LogP contribution in [0.5, 0.6) is 0 Å². The molecule has 3 rings (SSSR count). The van der Waals surface area contributed by atoms with Gasteiger partial charge in [0, 0.05) is 51.0 Å². The normalized spacial score (nSPS) is 16.2. The minimum Gasteiger partial charge on any atom is -0.377 e. The quantitative estimate of drug-likeness (QED) is 0.905. The molecule has 1 aliphatic heterocycles. The molecule has 4 nitrogen and oxygen atoms in total. The molecule has 2 aromatic rings. The van der Waals surface area contributed by atoms with Crippen molar-refractivity contribution in [2.75, 3.05) is 50.1 Å². The number of pyridine rings is 1. The van der Waals surface area contributed by atoms with E-state index < -0.39 is 0 Å². The minimum absolute atomic E-state index is 1.02. The van der Waals surface area contributed by atoms with Crippen LogP contribution in [0.1, 0.15) is 6.42 Å². The predicted molar refractivity (Wildman–Crippen MR) is 85.8 cm³/mol. The second kappa shape index (κ2) is 5.67. The standard InChI is InChI=1S/C16H22N4/c1-19(2)14-6-3-5-13-7-9-18-16(15(13)14)20-11-4-8-17-10-12-20/h3,5-7,9,17H,4,8,10-12H2,1-2H3. The van der Waals surface area contributed by atoms with E-state index >= 15 is 0 Å². The molecule has 106 valence electrons. The van der Waals surface area contributed by atoms with Gasteiger partial charge >= 0.3 is 0 Å². The fourth-order valence-corrected chi connectivity index (χ4v) is 2.86. The zero-order valence-electron chi connectivity index (χ0n) is 12.3. The van der Waals surface area contributed by atoms with Gasteiger partial charge in [-0.15, -0.1) is 0 Å². The van der Waals surface area contributed by atoms with E-state index in [-0.39, 0.29) is 0 Å². The van der Waals surface area contributed by atoms with Crippen molar-refractivity contribution >= 4 is 22.3 Å². The smallest absolute Gasteiger partial charge is 0.138 e. The van der Waals surface area contributed by atoms with Crippen LogP contribution in [0, 0.1) is 0 Å². The van der Waals surface area contributed by atoms with Gasteiger partial charge in [0.1, 0.15) is 5.82 Å². The van der Waals surface area contributed by atoms with Gasteiger partial charge < -0.3 is 15.1 Å². The van der Waals surface area contributed by atoms with Gasteiger partial charge in [-0.25, -0.2) is 4.98 Å². The Labute approximate surface area is 120 Å². The van der Waals surface area contributed by atoms with Crippen LogP contribution in [0.4, 0.5) is 11.5 Å². The molecule has 0 bridgehead atoms. The van der Waals surface area contributed by atoms with E-state index in [9.17, 15) is 0 Å². The van der Waals surface area contributed by atoms with Crippen molar-refractivity contribution < 1.29 is 0 Å². The Kier molecular flexibility index (Phi) is 3.74. The van der Waals surface area contributed by atoms with Gasteiger partial charge in [-0.2, -0.15) is 0 Å². The zero-order chi connectivity index (χ0) is 13.9. The van der Waals surface area contributed by atoms with E-state index in [1.54, 1.807) is 0 Å². The monoisotopic (exact) mass is 270 g/mol. The average Bonchev–Trinajstić information content (AvgIpc) is 2.75. The topological polar surface area (TPSA) is 31.4 Å². The number of hydrogen-bond acceptors (Lipinski definition) is 4. The van der Waals surface area contributed by atoms with E-state index in [0.717, 1.165) is 32.0 Å². The molecule has 0 amide bonds. The molecule has 1 fully saturated rings. The first-order valence-corrected chi connectivity index (χ1v) is 7.28. The van der Waals surface area contributed by atoms with Gasteiger partial charge in [0.25, 0.3) is 0 Å². The van der Waals surface area contributed by atoms with E-state index in [0.29, 0.717) is 0 Å². The zero-order valence-corrected chi connectivity index (χ0v) is 12.3. The number of rotatable bonds is 2. The van der Waals surface area contributed by atoms with Crippen LogP contribution in [-0.2, 0) is 0 Å². The fourth-order valence-electron chi connectivity index (χ4n) is 2.86. The molecular formula is C16H22N4. The highest BCUT2D eigenvalue weighted by atomic mass is 15.2. The van der Waals surface area contributed by atoms with Crippen molar-refractivity contribution in [1.29, 1.82) is 0 Å². The van der Waals surface area contributed by atoms with Crippen molar-refractivity contribution in [1.82, 2.24) is 10.3 Å². The number of fused-ring (bicyclic) bond motifs is 1. The molecule has 0 unspecified atom stereocenters. The van der Waals surface area contributed by atoms with Crippen molar-refractivity contribution in [3.05, 3.63) is 30.5 Å². The highest BCUT2D eigenvalue weighted by Crippen LogP contribution is 2.32. The molecule has 1 aromatic heterocycles. The molecule has 20 heavy (non-hydrogen) atoms. The Hall–Kier alpha value is -1.81. The summed E-state index contributed by atoms with van der Waals surface area (Å²) in [6.45, 7) is 4.22. The summed E-state index contributed by atoms with van der Waals surface area (Å²) in [7, 11) is 4.19. The SMILES string of the molecule is CN(C)c1cccc2ccnc(N3CCCNCC3)c12. The Balaban J connectivity index is 2.14. The number of nitrogens with one attached hydrogen (secondary N) is 1. The third kappa shape index (κ3) is 2.43. The summed E-state index contributed by atoms with van der Waals surface area (Å²) in [5, 5.41) is 5.98. The van der Waals surface area contributed by atoms with Crippen LogP contribution in [0.15, 0.2) is 30.5 Å². The summed E-state index contributed by atoms with van der Waals surface area (Å²) in [5.41, 5.74) is 1.24. The first-order chi connectivity index (χ1) is 9.77. The molecule has 0 aliphatic carbocycles. The highest BCUT2D eigenvalue weighted by molar-refractivity contribution is 6.02. The first-order valence-electron chi connectivity index (χ1n) is 7.28. The lowest BCUT2D eigenvalue weighted by atomic mass is 10.1. The first kappa shape index (κ1) is 13.2. The Morgan fingerprint density at radius 2 is 2.05 bits per heavy atom. The maximum absolute atomic E-state index is 4.69. The summed E-state index contributed by atoms with van der Waals surface area (Å²) in [5.74, 6) is 1.12. The molecule has 0 radical (unpaired) electrons. The lowest BCUT2D eigenvalue weighted by molar-refractivity contribution is 0.724. The number of aromatic nitrogens is 1. The summed E-state index contributed by atoms with van der Waals surface area (Å²) in [4.78, 5) is 9.27. The van der Waals surface area contributed by atoms with Crippen molar-refractivity contribution in [3.8, 4) is 0 Å². The molecule has 1 aromatic carbocycles. The van der Waals surface area contributed by atoms with Gasteiger partial charge in [-0.3, -0.25) is 0 Å². The maximum atomic E-state index is 4.69. The van der Waals surface area contributed by atoms with Crippen molar-refractivity contribution in [3.63, 3.8) is 0 Å². The molecule has 2 heterocycles. The van der Waals surface area contributed by atoms with E-state index in [2.05, 4.69) is 58.5 Å². The highest BCUT2D eigenvalue weighted by Gasteiger charge is 2.16. The Morgan fingerprint density at radius 1 is 1.15 bits per heavy atom. The molecule has 0 spiro atoms. The van der Waals surface area contributed by atoms with Gasteiger partial charge in [-0.05, 0) is 30.5 Å². The largest absolute Gasteiger partial charge is 0.377 e. The predicted octanol–water partition coefficient (Wildman–Crippen LogP) is 2.10. The summed E-state index contributed by atoms with van der Waals surface area (Å²) in [6.07, 6.45) is 3.09. The maximum Gasteiger partial charge on any atom is 0.138 e. The van der Waals surface area contributed by atoms with Crippen molar-refractivity contribution in [2.45, 2.75) is 6.42 Å². The second-order valence-corrected chi connectivity index (χ2v) is 5.49. The lowest BCUT2D eigenvalue weighted by Crippen LogP contribution is -2.29. The van der Waals surface area contributed by atoms with Crippen molar-refractivity contribution in [2.24, 2.45) is 0 Å². The number of hydrogen-bond donors (Lipinski definition) is 1. The third-order valence-electron chi connectivity index (χ3n) is 3.87. The van der Waals surface area contributed by atoms with Gasteiger partial charge in [0.15, 0.2) is 0 Å². The number of anilines is 2. The average molecular weight is 270 g/mol. The summed E-state index contributed by atoms with van der Waals surface area (Å²) >= 11 is 0. The van der Waals surface area contributed by atoms with Gasteiger partial charge in [0.2, 0.25) is 0 Å². The Bertz CT molecular complexity index is 581. The number of nitrogens with zero attached hydrogens (tertiary/aromatic N) is 3. The minimum atomic E-state index is 1.02. The van der Waals surface area contributed by atoms with Crippen LogP contribution in [0.25, 0.3) is 10.8 Å². The van der Waals surface area contributed by atoms with E-state index in [1.165, 1.54) is 22.9 Å².